The summed E-state index contributed by atoms with van der Waals surface area (Å²) in [6.45, 7) is 6.63. The number of ether oxygens (including phenoxy) is 2. The zero-order chi connectivity index (χ0) is 24.2. The Bertz CT molecular complexity index is 966. The van der Waals surface area contributed by atoms with E-state index in [-0.39, 0.29) is 17.4 Å². The van der Waals surface area contributed by atoms with Crippen LogP contribution in [0.3, 0.4) is 0 Å². The largest absolute Gasteiger partial charge is 0.528 e. The zero-order valence-electron chi connectivity index (χ0n) is 18.4. The Morgan fingerprint density at radius 2 is 1.82 bits per heavy atom. The molecular formula is C21H25F3N2O5S2. The lowest BCUT2D eigenvalue weighted by atomic mass is 9.99. The van der Waals surface area contributed by atoms with Crippen molar-refractivity contribution in [2.24, 2.45) is 0 Å². The summed E-state index contributed by atoms with van der Waals surface area (Å²) >= 11 is 1.52. The van der Waals surface area contributed by atoms with Crippen molar-refractivity contribution in [1.82, 2.24) is 10.0 Å². The van der Waals surface area contributed by atoms with Gasteiger partial charge in [0, 0.05) is 29.3 Å². The molecule has 7 nitrogen and oxygen atoms in total. The fourth-order valence-electron chi connectivity index (χ4n) is 3.09. The number of hydrogen-bond donors (Lipinski definition) is 0. The average molecular weight is 507 g/mol. The molecule has 1 unspecified atom stereocenters. The lowest BCUT2D eigenvalue weighted by Crippen LogP contribution is -2.37. The van der Waals surface area contributed by atoms with Crippen LogP contribution < -0.4 is 4.74 Å². The number of rotatable bonds is 6. The van der Waals surface area contributed by atoms with Gasteiger partial charge in [-0.15, -0.1) is 16.4 Å². The van der Waals surface area contributed by atoms with E-state index in [2.05, 4.69) is 4.98 Å². The summed E-state index contributed by atoms with van der Waals surface area (Å²) in [6, 6.07) is 4.98. The van der Waals surface area contributed by atoms with Crippen molar-refractivity contribution < 1.29 is 36.5 Å². The van der Waals surface area contributed by atoms with Gasteiger partial charge < -0.3 is 14.3 Å². The van der Waals surface area contributed by atoms with Crippen LogP contribution in [-0.4, -0.2) is 44.6 Å². The summed E-state index contributed by atoms with van der Waals surface area (Å²) in [5, 5.41) is 4.44. The quantitative estimate of drug-likeness (QED) is 0.486. The minimum Gasteiger partial charge on any atom is -0.487 e. The van der Waals surface area contributed by atoms with E-state index in [0.29, 0.717) is 24.5 Å². The van der Waals surface area contributed by atoms with Gasteiger partial charge in [0.05, 0.1) is 10.7 Å². The number of thiazole rings is 1. The third kappa shape index (κ3) is 7.68. The maximum atomic E-state index is 12.5. The molecule has 0 saturated carbocycles. The lowest BCUT2D eigenvalue weighted by molar-refractivity contribution is -0.152. The van der Waals surface area contributed by atoms with Crippen LogP contribution in [0.25, 0.3) is 0 Å². The Balaban J connectivity index is 1.46. The Morgan fingerprint density at radius 3 is 2.39 bits per heavy atom. The standard InChI is InChI=1S/C21H25F3N2O5S2/c1-20(2,3)30-19(27)31-26-10-8-14(9-11-26)18-25-15(13-32-18)12-29-16-4-6-17(7-5-16)33(28)21(22,23)24/h4-7,13-14H,8-12H2,1-3H3. The van der Waals surface area contributed by atoms with Gasteiger partial charge in [-0.3, -0.25) is 0 Å². The van der Waals surface area contributed by atoms with Crippen molar-refractivity contribution in [3.63, 3.8) is 0 Å². The number of hydrogen-bond acceptors (Lipinski definition) is 8. The molecule has 2 aromatic rings. The van der Waals surface area contributed by atoms with Crippen LogP contribution in [0.5, 0.6) is 5.75 Å². The molecule has 0 amide bonds. The summed E-state index contributed by atoms with van der Waals surface area (Å²) in [4.78, 5) is 21.3. The van der Waals surface area contributed by atoms with Crippen LogP contribution in [0.15, 0.2) is 34.5 Å². The van der Waals surface area contributed by atoms with Crippen molar-refractivity contribution in [2.75, 3.05) is 13.1 Å². The van der Waals surface area contributed by atoms with E-state index in [1.54, 1.807) is 25.8 Å². The van der Waals surface area contributed by atoms with E-state index in [0.717, 1.165) is 30.0 Å². The maximum Gasteiger partial charge on any atom is 0.528 e. The highest BCUT2D eigenvalue weighted by Crippen LogP contribution is 2.31. The summed E-state index contributed by atoms with van der Waals surface area (Å²) in [5.74, 6) is 0.596. The van der Waals surface area contributed by atoms with Gasteiger partial charge in [-0.25, -0.2) is 14.0 Å². The number of aromatic nitrogens is 1. The normalized spacial score (nSPS) is 16.9. The van der Waals surface area contributed by atoms with Crippen LogP contribution in [0, 0.1) is 0 Å². The minimum atomic E-state index is -4.79. The van der Waals surface area contributed by atoms with E-state index >= 15 is 0 Å². The molecule has 2 heterocycles. The molecule has 33 heavy (non-hydrogen) atoms. The third-order valence-electron chi connectivity index (χ3n) is 4.60. The minimum absolute atomic E-state index is 0.165. The van der Waals surface area contributed by atoms with Gasteiger partial charge in [0.1, 0.15) is 18.0 Å². The second-order valence-corrected chi connectivity index (χ2v) is 10.8. The van der Waals surface area contributed by atoms with Crippen LogP contribution in [0.4, 0.5) is 18.0 Å². The van der Waals surface area contributed by atoms with Gasteiger partial charge >= 0.3 is 11.7 Å². The van der Waals surface area contributed by atoms with Gasteiger partial charge in [-0.2, -0.15) is 13.2 Å². The molecule has 0 radical (unpaired) electrons. The number of halogens is 3. The highest BCUT2D eigenvalue weighted by molar-refractivity contribution is 7.86. The second kappa shape index (κ2) is 10.4. The molecule has 12 heteroatoms. The maximum absolute atomic E-state index is 12.5. The lowest BCUT2D eigenvalue weighted by Gasteiger charge is -2.30. The molecule has 1 aromatic heterocycles. The topological polar surface area (TPSA) is 78.0 Å². The number of piperidine rings is 1. The fourth-order valence-corrected chi connectivity index (χ4v) is 4.72. The van der Waals surface area contributed by atoms with Gasteiger partial charge in [0.25, 0.3) is 0 Å². The summed E-state index contributed by atoms with van der Waals surface area (Å²) in [6.07, 6.45) is 0.829. The zero-order valence-corrected chi connectivity index (χ0v) is 20.0. The Morgan fingerprint density at radius 1 is 1.18 bits per heavy atom. The molecule has 0 spiro atoms. The van der Waals surface area contributed by atoms with E-state index in [9.17, 15) is 22.2 Å². The van der Waals surface area contributed by atoms with Gasteiger partial charge in [-0.05, 0) is 57.9 Å². The number of carbonyl (C=O) groups is 1. The van der Waals surface area contributed by atoms with Crippen LogP contribution in [-0.2, 0) is 27.0 Å². The third-order valence-corrected chi connectivity index (χ3v) is 6.78. The molecule has 182 valence electrons. The number of nitrogens with zero attached hydrogens (tertiary/aromatic N) is 2. The molecule has 1 saturated heterocycles. The summed E-state index contributed by atoms with van der Waals surface area (Å²) < 4.78 is 59.7. The molecule has 1 aliphatic heterocycles. The smallest absolute Gasteiger partial charge is 0.487 e. The van der Waals surface area contributed by atoms with Crippen molar-refractivity contribution >= 4 is 28.3 Å². The van der Waals surface area contributed by atoms with E-state index in [1.807, 2.05) is 5.38 Å². The van der Waals surface area contributed by atoms with Crippen molar-refractivity contribution in [3.8, 4) is 5.75 Å². The second-order valence-electron chi connectivity index (χ2n) is 8.41. The van der Waals surface area contributed by atoms with Crippen molar-refractivity contribution in [3.05, 3.63) is 40.3 Å². The first-order chi connectivity index (χ1) is 15.4. The predicted molar refractivity (Wildman–Crippen MR) is 116 cm³/mol. The average Bonchev–Trinajstić information content (AvgIpc) is 3.19. The van der Waals surface area contributed by atoms with Gasteiger partial charge in [0.2, 0.25) is 0 Å². The number of alkyl halides is 3. The molecule has 0 aliphatic carbocycles. The molecule has 1 fully saturated rings. The van der Waals surface area contributed by atoms with Crippen LogP contribution in [0.1, 0.15) is 50.2 Å². The highest BCUT2D eigenvalue weighted by atomic mass is 32.2. The molecule has 3 rings (SSSR count). The van der Waals surface area contributed by atoms with Crippen molar-refractivity contribution in [1.29, 1.82) is 0 Å². The number of carbonyl (C=O) groups excluding carboxylic acids is 1. The first kappa shape index (κ1) is 25.4. The van der Waals surface area contributed by atoms with Gasteiger partial charge in [-0.1, -0.05) is 0 Å². The molecular weight excluding hydrogens is 481 g/mol. The Labute approximate surface area is 196 Å². The number of hydroxylamine groups is 2. The van der Waals surface area contributed by atoms with Crippen LogP contribution in [0.2, 0.25) is 0 Å². The van der Waals surface area contributed by atoms with E-state index < -0.39 is 28.1 Å². The summed E-state index contributed by atoms with van der Waals surface area (Å²) in [5.41, 5.74) is -4.69. The van der Waals surface area contributed by atoms with E-state index in [1.165, 1.54) is 23.5 Å². The first-order valence-corrected chi connectivity index (χ1v) is 12.3. The fraction of sp³-hybridized carbons (Fsp3) is 0.524. The molecule has 0 bridgehead atoms. The first-order valence-electron chi connectivity index (χ1n) is 10.2. The van der Waals surface area contributed by atoms with Crippen molar-refractivity contribution in [2.45, 2.75) is 62.1 Å². The van der Waals surface area contributed by atoms with E-state index in [4.69, 9.17) is 14.3 Å². The molecule has 1 aliphatic rings. The Hall–Kier alpha value is -2.18. The highest BCUT2D eigenvalue weighted by Gasteiger charge is 2.37. The predicted octanol–water partition coefficient (Wildman–Crippen LogP) is 5.40. The monoisotopic (exact) mass is 506 g/mol. The van der Waals surface area contributed by atoms with Crippen LogP contribution >= 0.6 is 11.3 Å². The number of benzene rings is 1. The SMILES string of the molecule is CC(C)(C)OC(=O)ON1CCC(c2nc(COc3ccc(S(=O)C(F)(F)F)cc3)cs2)CC1. The molecule has 0 N–H and O–H groups in total. The molecule has 1 atom stereocenters. The van der Waals surface area contributed by atoms with Gasteiger partial charge in [0.15, 0.2) is 10.8 Å². The Kier molecular flexibility index (Phi) is 8.01. The molecule has 1 aromatic carbocycles. The summed E-state index contributed by atoms with van der Waals surface area (Å²) in [7, 11) is -3.06.